The number of nitrogens with zero attached hydrogens (tertiary/aromatic N) is 3. The third-order valence-corrected chi connectivity index (χ3v) is 2.78. The molecule has 0 aliphatic heterocycles. The molecule has 0 fully saturated rings. The second-order valence-corrected chi connectivity index (χ2v) is 4.37. The summed E-state index contributed by atoms with van der Waals surface area (Å²) in [7, 11) is 0. The maximum atomic E-state index is 13.6. The van der Waals surface area contributed by atoms with Gasteiger partial charge in [-0.1, -0.05) is 15.9 Å². The van der Waals surface area contributed by atoms with E-state index in [-0.39, 0.29) is 11.6 Å². The zero-order valence-corrected chi connectivity index (χ0v) is 10.5. The van der Waals surface area contributed by atoms with Crippen LogP contribution in [0.1, 0.15) is 0 Å². The van der Waals surface area contributed by atoms with Gasteiger partial charge < -0.3 is 9.72 Å². The second-order valence-electron chi connectivity index (χ2n) is 3.46. The molecule has 0 atom stereocenters. The number of hydrogen-bond donors (Lipinski definition) is 1. The average Bonchev–Trinajstić information content (AvgIpc) is 2.83. The van der Waals surface area contributed by atoms with Crippen LogP contribution in [0.25, 0.3) is 11.2 Å². The Hall–Kier alpha value is -2.02. The number of nitrogens with one attached hydrogen (secondary N) is 1. The molecule has 5 nitrogen and oxygen atoms in total. The molecule has 1 N–H and O–H groups in total. The van der Waals surface area contributed by atoms with Gasteiger partial charge in [-0.05, 0) is 18.2 Å². The summed E-state index contributed by atoms with van der Waals surface area (Å²) in [6.45, 7) is 0. The van der Waals surface area contributed by atoms with E-state index in [0.717, 1.165) is 0 Å². The number of hydrogen-bond acceptors (Lipinski definition) is 4. The van der Waals surface area contributed by atoms with Gasteiger partial charge >= 0.3 is 0 Å². The van der Waals surface area contributed by atoms with E-state index < -0.39 is 5.82 Å². The van der Waals surface area contributed by atoms with Crippen LogP contribution in [-0.2, 0) is 0 Å². The smallest absolute Gasteiger partial charge is 0.248 e. The van der Waals surface area contributed by atoms with Crippen molar-refractivity contribution in [3.05, 3.63) is 41.1 Å². The van der Waals surface area contributed by atoms with E-state index >= 15 is 0 Å². The van der Waals surface area contributed by atoms with E-state index in [1.54, 1.807) is 6.07 Å². The number of aromatic amines is 1. The van der Waals surface area contributed by atoms with Crippen molar-refractivity contribution < 1.29 is 9.13 Å². The summed E-state index contributed by atoms with van der Waals surface area (Å²) in [6.07, 6.45) is 2.79. The normalized spacial score (nSPS) is 10.8. The second kappa shape index (κ2) is 4.34. The van der Waals surface area contributed by atoms with Gasteiger partial charge in [0.2, 0.25) is 5.88 Å². The lowest BCUT2D eigenvalue weighted by Gasteiger charge is -2.06. The van der Waals surface area contributed by atoms with Gasteiger partial charge in [0.1, 0.15) is 11.8 Å². The highest BCUT2D eigenvalue weighted by Crippen LogP contribution is 2.28. The average molecular weight is 309 g/mol. The standard InChI is InChI=1S/C11H6BrFN4O/c12-6-1-2-7(13)8(3-6)18-11-9-10(15-4-14-9)16-5-17-11/h1-5H,(H,14,15,16,17). The Kier molecular flexibility index (Phi) is 2.67. The Morgan fingerprint density at radius 3 is 3.00 bits per heavy atom. The number of ether oxygens (including phenoxy) is 1. The summed E-state index contributed by atoms with van der Waals surface area (Å²) in [5.41, 5.74) is 0.993. The van der Waals surface area contributed by atoms with Crippen LogP contribution < -0.4 is 4.74 Å². The number of imidazole rings is 1. The summed E-state index contributed by atoms with van der Waals surface area (Å²) in [4.78, 5) is 14.7. The quantitative estimate of drug-likeness (QED) is 0.790. The minimum atomic E-state index is -0.468. The molecule has 3 rings (SSSR count). The van der Waals surface area contributed by atoms with Crippen LogP contribution in [0.15, 0.2) is 35.3 Å². The molecule has 0 spiro atoms. The SMILES string of the molecule is Fc1ccc(Br)cc1Oc1ncnc2nc[nH]c12. The Bertz CT molecular complexity index is 715. The molecule has 0 saturated carbocycles. The van der Waals surface area contributed by atoms with E-state index in [4.69, 9.17) is 4.74 Å². The highest BCUT2D eigenvalue weighted by atomic mass is 79.9. The number of benzene rings is 1. The number of H-pyrrole nitrogens is 1. The van der Waals surface area contributed by atoms with Gasteiger partial charge in [-0.15, -0.1) is 0 Å². The lowest BCUT2D eigenvalue weighted by Crippen LogP contribution is -1.93. The Morgan fingerprint density at radius 2 is 2.11 bits per heavy atom. The van der Waals surface area contributed by atoms with E-state index in [1.165, 1.54) is 24.8 Å². The molecule has 2 aromatic heterocycles. The highest BCUT2D eigenvalue weighted by Gasteiger charge is 2.11. The van der Waals surface area contributed by atoms with Crippen molar-refractivity contribution in [2.75, 3.05) is 0 Å². The molecule has 18 heavy (non-hydrogen) atoms. The van der Waals surface area contributed by atoms with Crippen LogP contribution in [0.4, 0.5) is 4.39 Å². The molecule has 0 amide bonds. The van der Waals surface area contributed by atoms with Gasteiger partial charge in [0.25, 0.3) is 0 Å². The maximum absolute atomic E-state index is 13.6. The molecule has 3 aromatic rings. The monoisotopic (exact) mass is 308 g/mol. The van der Waals surface area contributed by atoms with Crippen LogP contribution in [-0.4, -0.2) is 19.9 Å². The van der Waals surface area contributed by atoms with Crippen molar-refractivity contribution in [1.82, 2.24) is 19.9 Å². The summed E-state index contributed by atoms with van der Waals surface area (Å²) >= 11 is 3.25. The summed E-state index contributed by atoms with van der Waals surface area (Å²) < 4.78 is 19.7. The fourth-order valence-corrected chi connectivity index (χ4v) is 1.82. The third-order valence-electron chi connectivity index (χ3n) is 2.29. The van der Waals surface area contributed by atoms with E-state index in [1.807, 2.05) is 0 Å². The first kappa shape index (κ1) is 11.1. The zero-order chi connectivity index (χ0) is 12.5. The molecule has 0 radical (unpaired) electrons. The molecule has 1 aromatic carbocycles. The Morgan fingerprint density at radius 1 is 1.22 bits per heavy atom. The van der Waals surface area contributed by atoms with Gasteiger partial charge in [0.05, 0.1) is 6.33 Å². The summed E-state index contributed by atoms with van der Waals surface area (Å²) in [5, 5.41) is 0. The summed E-state index contributed by atoms with van der Waals surface area (Å²) in [5.74, 6) is -0.155. The Labute approximate surface area is 109 Å². The first-order valence-corrected chi connectivity index (χ1v) is 5.80. The molecule has 2 heterocycles. The van der Waals surface area contributed by atoms with Crippen molar-refractivity contribution in [3.63, 3.8) is 0 Å². The zero-order valence-electron chi connectivity index (χ0n) is 8.89. The topological polar surface area (TPSA) is 63.7 Å². The number of rotatable bonds is 2. The van der Waals surface area contributed by atoms with Crippen molar-refractivity contribution in [2.45, 2.75) is 0 Å². The van der Waals surface area contributed by atoms with Crippen LogP contribution >= 0.6 is 15.9 Å². The van der Waals surface area contributed by atoms with Gasteiger partial charge in [-0.25, -0.2) is 14.4 Å². The van der Waals surface area contributed by atoms with Gasteiger partial charge in [-0.2, -0.15) is 4.98 Å². The number of fused-ring (bicyclic) bond motifs is 1. The van der Waals surface area contributed by atoms with Gasteiger partial charge in [0, 0.05) is 4.47 Å². The maximum Gasteiger partial charge on any atom is 0.248 e. The molecule has 7 heteroatoms. The molecule has 0 unspecified atom stereocenters. The van der Waals surface area contributed by atoms with Gasteiger partial charge in [0.15, 0.2) is 17.2 Å². The lowest BCUT2D eigenvalue weighted by atomic mass is 10.3. The molecule has 90 valence electrons. The van der Waals surface area contributed by atoms with E-state index in [2.05, 4.69) is 35.9 Å². The van der Waals surface area contributed by atoms with Crippen LogP contribution in [0, 0.1) is 5.82 Å². The van der Waals surface area contributed by atoms with Crippen LogP contribution in [0.3, 0.4) is 0 Å². The molecular formula is C11H6BrFN4O. The van der Waals surface area contributed by atoms with Crippen LogP contribution in [0.2, 0.25) is 0 Å². The number of halogens is 2. The van der Waals surface area contributed by atoms with Crippen molar-refractivity contribution in [2.24, 2.45) is 0 Å². The molecule has 0 saturated heterocycles. The molecule has 0 aliphatic rings. The van der Waals surface area contributed by atoms with Crippen molar-refractivity contribution in [1.29, 1.82) is 0 Å². The fraction of sp³-hybridized carbons (Fsp3) is 0. The van der Waals surface area contributed by atoms with Gasteiger partial charge in [-0.3, -0.25) is 0 Å². The minimum absolute atomic E-state index is 0.0824. The van der Waals surface area contributed by atoms with E-state index in [0.29, 0.717) is 15.6 Å². The Balaban J connectivity index is 2.06. The highest BCUT2D eigenvalue weighted by molar-refractivity contribution is 9.10. The molecule has 0 bridgehead atoms. The third kappa shape index (κ3) is 1.92. The van der Waals surface area contributed by atoms with Crippen LogP contribution in [0.5, 0.6) is 11.6 Å². The minimum Gasteiger partial charge on any atom is -0.434 e. The fourth-order valence-electron chi connectivity index (χ4n) is 1.48. The largest absolute Gasteiger partial charge is 0.434 e. The van der Waals surface area contributed by atoms with Crippen molar-refractivity contribution >= 4 is 27.1 Å². The predicted octanol–water partition coefficient (Wildman–Crippen LogP) is 3.05. The predicted molar refractivity (Wildman–Crippen MR) is 65.9 cm³/mol. The molecule has 0 aliphatic carbocycles. The number of aromatic nitrogens is 4. The first-order valence-electron chi connectivity index (χ1n) is 5.01. The van der Waals surface area contributed by atoms with E-state index in [9.17, 15) is 4.39 Å². The van der Waals surface area contributed by atoms with Crippen molar-refractivity contribution in [3.8, 4) is 11.6 Å². The lowest BCUT2D eigenvalue weighted by molar-refractivity contribution is 0.430. The summed E-state index contributed by atoms with van der Waals surface area (Å²) in [6, 6.07) is 4.43. The first-order chi connectivity index (χ1) is 8.74. The molecular weight excluding hydrogens is 303 g/mol.